The van der Waals surface area contributed by atoms with E-state index in [1.807, 2.05) is 6.07 Å². The second kappa shape index (κ2) is 9.49. The molecule has 13 heteroatoms. The van der Waals surface area contributed by atoms with Crippen molar-refractivity contribution in [2.24, 2.45) is 4.99 Å². The van der Waals surface area contributed by atoms with Crippen LogP contribution in [0.5, 0.6) is 0 Å². The van der Waals surface area contributed by atoms with Gasteiger partial charge in [-0.15, -0.1) is 0 Å². The molecule has 1 fully saturated rings. The van der Waals surface area contributed by atoms with Crippen LogP contribution in [-0.2, 0) is 44.0 Å². The number of likely N-dealkylation sites (N-methyl/N-ethyl adjacent to an activating group) is 1. The van der Waals surface area contributed by atoms with Crippen LogP contribution in [0.3, 0.4) is 0 Å². The van der Waals surface area contributed by atoms with Crippen molar-refractivity contribution < 1.29 is 37.0 Å². The third-order valence-corrected chi connectivity index (χ3v) is 9.74. The van der Waals surface area contributed by atoms with E-state index in [1.165, 1.54) is 26.4 Å². The lowest BCUT2D eigenvalue weighted by atomic mass is 9.69. The maximum atomic E-state index is 14.2. The molecule has 11 nitrogen and oxygen atoms in total. The van der Waals surface area contributed by atoms with Gasteiger partial charge >= 0.3 is 17.9 Å². The number of amidine groups is 1. The number of hydrogen-bond donors (Lipinski definition) is 0. The number of aliphatic imine (C=N–C) groups is 1. The first-order chi connectivity index (χ1) is 18.5. The molecule has 3 atom stereocenters. The van der Waals surface area contributed by atoms with E-state index in [-0.39, 0.29) is 22.7 Å². The summed E-state index contributed by atoms with van der Waals surface area (Å²) in [5.74, 6) is -2.68. The zero-order chi connectivity index (χ0) is 28.3. The first kappa shape index (κ1) is 26.9. The summed E-state index contributed by atoms with van der Waals surface area (Å²) in [5.41, 5.74) is -0.508. The van der Waals surface area contributed by atoms with Crippen LogP contribution in [0.4, 0.5) is 5.69 Å². The fourth-order valence-corrected chi connectivity index (χ4v) is 7.73. The molecule has 3 aliphatic heterocycles. The Hall–Kier alpha value is -3.71. The number of ether oxygens (including phenoxy) is 3. The van der Waals surface area contributed by atoms with Crippen LogP contribution in [0.15, 0.2) is 74.2 Å². The highest BCUT2D eigenvalue weighted by molar-refractivity contribution is 9.10. The van der Waals surface area contributed by atoms with Crippen LogP contribution < -0.4 is 4.90 Å². The van der Waals surface area contributed by atoms with Crippen LogP contribution in [-0.4, -0.2) is 76.9 Å². The van der Waals surface area contributed by atoms with E-state index in [9.17, 15) is 22.8 Å². The number of rotatable bonds is 5. The Morgan fingerprint density at radius 2 is 1.62 bits per heavy atom. The number of sulfonamides is 1. The Morgan fingerprint density at radius 1 is 0.974 bits per heavy atom. The van der Waals surface area contributed by atoms with E-state index in [2.05, 4.69) is 20.9 Å². The summed E-state index contributed by atoms with van der Waals surface area (Å²) in [6, 6.07) is 10.8. The van der Waals surface area contributed by atoms with Gasteiger partial charge in [0, 0.05) is 17.2 Å². The first-order valence-corrected chi connectivity index (χ1v) is 14.0. The van der Waals surface area contributed by atoms with Gasteiger partial charge in [0.25, 0.3) is 10.0 Å². The topological polar surface area (TPSA) is 132 Å². The summed E-state index contributed by atoms with van der Waals surface area (Å²) in [4.78, 5) is 45.6. The molecular formula is C26H24BrN3O8S. The van der Waals surface area contributed by atoms with Gasteiger partial charge in [-0.1, -0.05) is 34.1 Å². The van der Waals surface area contributed by atoms with Gasteiger partial charge in [0.2, 0.25) is 0 Å². The molecule has 2 aromatic carbocycles. The van der Waals surface area contributed by atoms with Crippen LogP contribution in [0.2, 0.25) is 0 Å². The van der Waals surface area contributed by atoms with Crippen molar-refractivity contribution in [2.75, 3.05) is 33.3 Å². The molecule has 2 aromatic rings. The molecule has 0 amide bonds. The molecule has 0 aliphatic carbocycles. The maximum Gasteiger partial charge on any atom is 0.357 e. The van der Waals surface area contributed by atoms with Gasteiger partial charge in [-0.2, -0.15) is 0 Å². The quantitative estimate of drug-likeness (QED) is 0.365. The van der Waals surface area contributed by atoms with Crippen LogP contribution in [0.25, 0.3) is 0 Å². The van der Waals surface area contributed by atoms with Crippen molar-refractivity contribution in [3.05, 3.63) is 69.8 Å². The predicted octanol–water partition coefficient (Wildman–Crippen LogP) is 2.15. The summed E-state index contributed by atoms with van der Waals surface area (Å²) in [6.45, 7) is 0. The fourth-order valence-electron chi connectivity index (χ4n) is 5.83. The summed E-state index contributed by atoms with van der Waals surface area (Å²) >= 11 is 3.30. The molecule has 0 bridgehead atoms. The third-order valence-electron chi connectivity index (χ3n) is 7.40. The average Bonchev–Trinajstić information content (AvgIpc) is 3.43. The summed E-state index contributed by atoms with van der Waals surface area (Å²) in [5, 5.41) is 0. The standard InChI is InChI=1S/C26H24BrN3O8S/c1-29-17-8-6-5-7-16(17)26-13-18(22(31)36-2)30(39(34,35)15-11-9-14(27)10-12-15)25(26)28-20(24(33)38-4)19(21(26)29)23(32)37-3/h5-12,18,21H,13H2,1-4H3/t18-,21-,26-/m0/s1. The number of esters is 3. The Bertz CT molecular complexity index is 1570. The molecule has 1 spiro atoms. The molecule has 1 saturated heterocycles. The van der Waals surface area contributed by atoms with E-state index in [1.54, 1.807) is 42.3 Å². The van der Waals surface area contributed by atoms with E-state index in [0.29, 0.717) is 15.7 Å². The Morgan fingerprint density at radius 3 is 2.23 bits per heavy atom. The average molecular weight is 618 g/mol. The molecule has 0 aromatic heterocycles. The van der Waals surface area contributed by atoms with Crippen molar-refractivity contribution in [1.82, 2.24) is 4.31 Å². The lowest BCUT2D eigenvalue weighted by Gasteiger charge is -2.39. The van der Waals surface area contributed by atoms with Crippen LogP contribution >= 0.6 is 15.9 Å². The van der Waals surface area contributed by atoms with Crippen LogP contribution in [0.1, 0.15) is 12.0 Å². The lowest BCUT2D eigenvalue weighted by Crippen LogP contribution is -2.55. The van der Waals surface area contributed by atoms with Gasteiger partial charge in [-0.3, -0.25) is 0 Å². The van der Waals surface area contributed by atoms with Gasteiger partial charge < -0.3 is 19.1 Å². The zero-order valence-corrected chi connectivity index (χ0v) is 23.8. The number of carbonyl (C=O) groups excluding carboxylic acids is 3. The molecule has 5 rings (SSSR count). The number of fused-ring (bicyclic) bond motifs is 1. The molecular weight excluding hydrogens is 594 g/mol. The number of benzene rings is 2. The van der Waals surface area contributed by atoms with Gasteiger partial charge in [-0.25, -0.2) is 32.1 Å². The summed E-state index contributed by atoms with van der Waals surface area (Å²) in [7, 11) is 0.765. The minimum absolute atomic E-state index is 0.0873. The van der Waals surface area contributed by atoms with Crippen molar-refractivity contribution in [2.45, 2.75) is 28.8 Å². The Labute approximate surface area is 233 Å². The monoisotopic (exact) mass is 617 g/mol. The number of nitrogens with zero attached hydrogens (tertiary/aromatic N) is 3. The summed E-state index contributed by atoms with van der Waals surface area (Å²) < 4.78 is 45.1. The van der Waals surface area contributed by atoms with Crippen molar-refractivity contribution in [3.8, 4) is 0 Å². The second-order valence-electron chi connectivity index (χ2n) is 9.18. The van der Waals surface area contributed by atoms with Gasteiger partial charge in [-0.05, 0) is 42.3 Å². The molecule has 0 radical (unpaired) electrons. The number of halogens is 1. The molecule has 39 heavy (non-hydrogen) atoms. The van der Waals surface area contributed by atoms with E-state index in [0.717, 1.165) is 11.4 Å². The van der Waals surface area contributed by atoms with Crippen LogP contribution in [0, 0.1) is 0 Å². The highest BCUT2D eigenvalue weighted by Gasteiger charge is 2.68. The lowest BCUT2D eigenvalue weighted by molar-refractivity contribution is -0.144. The summed E-state index contributed by atoms with van der Waals surface area (Å²) in [6.07, 6.45) is -0.102. The molecule has 0 saturated carbocycles. The van der Waals surface area contributed by atoms with E-state index < -0.39 is 51.1 Å². The number of hydrogen-bond acceptors (Lipinski definition) is 10. The largest absolute Gasteiger partial charge is 0.467 e. The SMILES string of the molecule is COC(=O)C1=C(C(=O)OC)[C@@H]2N(C)c3ccccc3[C@@]23C[C@@H](C(=O)OC)N(S(=O)(=O)c2ccc(Br)cc2)C3=N1. The Balaban J connectivity index is 1.88. The fraction of sp³-hybridized carbons (Fsp3) is 0.308. The number of para-hydroxylation sites is 1. The molecule has 3 heterocycles. The molecule has 3 aliphatic rings. The van der Waals surface area contributed by atoms with Gasteiger partial charge in [0.05, 0.1) is 43.3 Å². The number of anilines is 1. The van der Waals surface area contributed by atoms with Crippen molar-refractivity contribution in [3.63, 3.8) is 0 Å². The Kier molecular flexibility index (Phi) is 6.54. The molecule has 0 N–H and O–H groups in total. The highest BCUT2D eigenvalue weighted by atomic mass is 79.9. The first-order valence-electron chi connectivity index (χ1n) is 11.7. The number of methoxy groups -OCH3 is 3. The minimum atomic E-state index is -4.42. The molecule has 0 unspecified atom stereocenters. The smallest absolute Gasteiger partial charge is 0.357 e. The third kappa shape index (κ3) is 3.70. The van der Waals surface area contributed by atoms with Crippen molar-refractivity contribution >= 4 is 55.4 Å². The van der Waals surface area contributed by atoms with Gasteiger partial charge in [0.15, 0.2) is 5.70 Å². The van der Waals surface area contributed by atoms with E-state index >= 15 is 0 Å². The second-order valence-corrected chi connectivity index (χ2v) is 11.9. The van der Waals surface area contributed by atoms with Crippen molar-refractivity contribution in [1.29, 1.82) is 0 Å². The van der Waals surface area contributed by atoms with Gasteiger partial charge in [0.1, 0.15) is 11.9 Å². The predicted molar refractivity (Wildman–Crippen MR) is 142 cm³/mol. The zero-order valence-electron chi connectivity index (χ0n) is 21.4. The van der Waals surface area contributed by atoms with E-state index in [4.69, 9.17) is 14.2 Å². The highest BCUT2D eigenvalue weighted by Crippen LogP contribution is 2.58. The maximum absolute atomic E-state index is 14.2. The normalized spacial score (nSPS) is 23.5. The molecule has 204 valence electrons. The number of carbonyl (C=O) groups is 3. The minimum Gasteiger partial charge on any atom is -0.467 e.